The third-order valence-electron chi connectivity index (χ3n) is 2.92. The molecule has 0 aliphatic heterocycles. The van der Waals surface area contributed by atoms with Gasteiger partial charge in [-0.2, -0.15) is 0 Å². The van der Waals surface area contributed by atoms with Crippen molar-refractivity contribution in [3.63, 3.8) is 0 Å². The number of aromatic amines is 1. The lowest BCUT2D eigenvalue weighted by Gasteiger charge is -2.12. The Kier molecular flexibility index (Phi) is 3.11. The van der Waals surface area contributed by atoms with Gasteiger partial charge in [-0.3, -0.25) is 0 Å². The molecule has 1 aromatic carbocycles. The molecule has 0 saturated carbocycles. The molecule has 0 spiro atoms. The Morgan fingerprint density at radius 2 is 2.06 bits per heavy atom. The van der Waals surface area contributed by atoms with Crippen LogP contribution in [-0.2, 0) is 6.42 Å². The van der Waals surface area contributed by atoms with Gasteiger partial charge in [-0.05, 0) is 36.6 Å². The molecule has 0 fully saturated rings. The Morgan fingerprint density at radius 3 is 2.75 bits per heavy atom. The fourth-order valence-corrected chi connectivity index (χ4v) is 1.89. The highest BCUT2D eigenvalue weighted by Crippen LogP contribution is 2.20. The average Bonchev–Trinajstić information content (AvgIpc) is 2.76. The fourth-order valence-electron chi connectivity index (χ4n) is 1.89. The first-order valence-electron chi connectivity index (χ1n) is 5.53. The zero-order chi connectivity index (χ0) is 11.5. The molecular weight excluding hydrogens is 198 g/mol. The molecule has 2 aromatic rings. The number of benzene rings is 1. The molecule has 0 amide bonds. The number of hydrogen-bond donors (Lipinski definition) is 2. The van der Waals surface area contributed by atoms with Gasteiger partial charge >= 0.3 is 0 Å². The number of nitrogens with one attached hydrogen (secondary N) is 1. The van der Waals surface area contributed by atoms with Crippen LogP contribution in [0.4, 0.5) is 0 Å². The highest BCUT2D eigenvalue weighted by Gasteiger charge is 2.10. The van der Waals surface area contributed by atoms with Crippen LogP contribution >= 0.6 is 0 Å². The SMILES string of the molecule is Cc1ccc(C)c(CC(O)c2cc[nH]c2)c1. The van der Waals surface area contributed by atoms with E-state index in [4.69, 9.17) is 0 Å². The molecule has 84 valence electrons. The second kappa shape index (κ2) is 4.54. The molecule has 2 rings (SSSR count). The van der Waals surface area contributed by atoms with Gasteiger partial charge in [0.2, 0.25) is 0 Å². The standard InChI is InChI=1S/C14H17NO/c1-10-3-4-11(2)13(7-10)8-14(16)12-5-6-15-9-12/h3-7,9,14-16H,8H2,1-2H3. The van der Waals surface area contributed by atoms with Crippen LogP contribution in [-0.4, -0.2) is 10.1 Å². The van der Waals surface area contributed by atoms with E-state index in [1.54, 1.807) is 0 Å². The Hall–Kier alpha value is -1.54. The summed E-state index contributed by atoms with van der Waals surface area (Å²) >= 11 is 0. The molecule has 0 radical (unpaired) electrons. The minimum Gasteiger partial charge on any atom is -0.388 e. The first-order valence-corrected chi connectivity index (χ1v) is 5.53. The van der Waals surface area contributed by atoms with E-state index in [1.807, 2.05) is 18.5 Å². The maximum atomic E-state index is 10.1. The summed E-state index contributed by atoms with van der Waals surface area (Å²) in [5.74, 6) is 0. The van der Waals surface area contributed by atoms with Crippen LogP contribution in [0.5, 0.6) is 0 Å². The molecule has 1 unspecified atom stereocenters. The Bertz CT molecular complexity index is 460. The van der Waals surface area contributed by atoms with Crippen molar-refractivity contribution in [2.75, 3.05) is 0 Å². The molecule has 1 heterocycles. The topological polar surface area (TPSA) is 36.0 Å². The fraction of sp³-hybridized carbons (Fsp3) is 0.286. The summed E-state index contributed by atoms with van der Waals surface area (Å²) in [6.45, 7) is 4.16. The number of aliphatic hydroxyl groups excluding tert-OH is 1. The molecule has 0 bridgehead atoms. The first-order chi connectivity index (χ1) is 7.66. The maximum absolute atomic E-state index is 10.1. The average molecular weight is 215 g/mol. The quantitative estimate of drug-likeness (QED) is 0.811. The van der Waals surface area contributed by atoms with E-state index in [1.165, 1.54) is 16.7 Å². The molecular formula is C14H17NO. The summed E-state index contributed by atoms with van der Waals surface area (Å²) in [7, 11) is 0. The first kappa shape index (κ1) is 11.0. The molecule has 0 aliphatic rings. The largest absolute Gasteiger partial charge is 0.388 e. The molecule has 2 N–H and O–H groups in total. The van der Waals surface area contributed by atoms with E-state index in [0.717, 1.165) is 5.56 Å². The van der Waals surface area contributed by atoms with Gasteiger partial charge in [0.1, 0.15) is 0 Å². The smallest absolute Gasteiger partial charge is 0.0845 e. The molecule has 0 aliphatic carbocycles. The van der Waals surface area contributed by atoms with Crippen molar-refractivity contribution >= 4 is 0 Å². The maximum Gasteiger partial charge on any atom is 0.0845 e. The minimum atomic E-state index is -0.424. The summed E-state index contributed by atoms with van der Waals surface area (Å²) < 4.78 is 0. The number of aryl methyl sites for hydroxylation is 2. The molecule has 1 aromatic heterocycles. The monoisotopic (exact) mass is 215 g/mol. The third kappa shape index (κ3) is 2.34. The molecule has 2 nitrogen and oxygen atoms in total. The van der Waals surface area contributed by atoms with Gasteiger partial charge in [-0.25, -0.2) is 0 Å². The van der Waals surface area contributed by atoms with Crippen molar-refractivity contribution in [2.45, 2.75) is 26.4 Å². The Morgan fingerprint density at radius 1 is 1.25 bits per heavy atom. The summed E-state index contributed by atoms with van der Waals surface area (Å²) in [6.07, 6.45) is 3.93. The van der Waals surface area contributed by atoms with Crippen LogP contribution in [0.15, 0.2) is 36.7 Å². The van der Waals surface area contributed by atoms with Gasteiger partial charge in [-0.1, -0.05) is 23.8 Å². The number of aliphatic hydroxyl groups is 1. The Labute approximate surface area is 96.0 Å². The molecule has 1 atom stereocenters. The van der Waals surface area contributed by atoms with Gasteiger partial charge < -0.3 is 10.1 Å². The second-order valence-electron chi connectivity index (χ2n) is 4.29. The predicted molar refractivity (Wildman–Crippen MR) is 65.4 cm³/mol. The Balaban J connectivity index is 2.17. The van der Waals surface area contributed by atoms with Crippen LogP contribution in [0.2, 0.25) is 0 Å². The molecule has 0 saturated heterocycles. The highest BCUT2D eigenvalue weighted by molar-refractivity contribution is 5.32. The van der Waals surface area contributed by atoms with Crippen LogP contribution in [0, 0.1) is 13.8 Å². The summed E-state index contributed by atoms with van der Waals surface area (Å²) in [6, 6.07) is 8.26. The molecule has 2 heteroatoms. The highest BCUT2D eigenvalue weighted by atomic mass is 16.3. The lowest BCUT2D eigenvalue weighted by molar-refractivity contribution is 0.178. The zero-order valence-corrected chi connectivity index (χ0v) is 9.70. The van der Waals surface area contributed by atoms with Crippen LogP contribution < -0.4 is 0 Å². The van der Waals surface area contributed by atoms with E-state index in [2.05, 4.69) is 37.0 Å². The summed E-state index contributed by atoms with van der Waals surface area (Å²) in [5, 5.41) is 10.1. The van der Waals surface area contributed by atoms with Crippen molar-refractivity contribution in [3.8, 4) is 0 Å². The van der Waals surface area contributed by atoms with Crippen LogP contribution in [0.1, 0.15) is 28.4 Å². The van der Waals surface area contributed by atoms with Gasteiger partial charge in [0, 0.05) is 18.8 Å². The van der Waals surface area contributed by atoms with Gasteiger partial charge in [0.15, 0.2) is 0 Å². The van der Waals surface area contributed by atoms with Crippen LogP contribution in [0.25, 0.3) is 0 Å². The van der Waals surface area contributed by atoms with Crippen molar-refractivity contribution in [3.05, 3.63) is 58.9 Å². The summed E-state index contributed by atoms with van der Waals surface area (Å²) in [5.41, 5.74) is 4.64. The van der Waals surface area contributed by atoms with Gasteiger partial charge in [-0.15, -0.1) is 0 Å². The van der Waals surface area contributed by atoms with Gasteiger partial charge in [0.25, 0.3) is 0 Å². The predicted octanol–water partition coefficient (Wildman–Crippen LogP) is 2.91. The number of rotatable bonds is 3. The number of hydrogen-bond acceptors (Lipinski definition) is 1. The lowest BCUT2D eigenvalue weighted by atomic mass is 9.98. The van der Waals surface area contributed by atoms with Gasteiger partial charge in [0.05, 0.1) is 6.10 Å². The minimum absolute atomic E-state index is 0.424. The van der Waals surface area contributed by atoms with E-state index in [-0.39, 0.29) is 0 Å². The third-order valence-corrected chi connectivity index (χ3v) is 2.92. The van der Waals surface area contributed by atoms with E-state index >= 15 is 0 Å². The van der Waals surface area contributed by atoms with Crippen molar-refractivity contribution in [1.82, 2.24) is 4.98 Å². The van der Waals surface area contributed by atoms with Crippen molar-refractivity contribution < 1.29 is 5.11 Å². The van der Waals surface area contributed by atoms with E-state index in [0.29, 0.717) is 6.42 Å². The molecule has 16 heavy (non-hydrogen) atoms. The van der Waals surface area contributed by atoms with Crippen LogP contribution in [0.3, 0.4) is 0 Å². The van der Waals surface area contributed by atoms with E-state index < -0.39 is 6.10 Å². The summed E-state index contributed by atoms with van der Waals surface area (Å²) in [4.78, 5) is 2.96. The normalized spacial score (nSPS) is 12.7. The lowest BCUT2D eigenvalue weighted by Crippen LogP contribution is -2.02. The number of aromatic nitrogens is 1. The van der Waals surface area contributed by atoms with E-state index in [9.17, 15) is 5.11 Å². The zero-order valence-electron chi connectivity index (χ0n) is 9.70. The van der Waals surface area contributed by atoms with Crippen molar-refractivity contribution in [2.24, 2.45) is 0 Å². The number of H-pyrrole nitrogens is 1. The van der Waals surface area contributed by atoms with Crippen molar-refractivity contribution in [1.29, 1.82) is 0 Å². The second-order valence-corrected chi connectivity index (χ2v) is 4.29.